The van der Waals surface area contributed by atoms with Crippen molar-refractivity contribution in [3.8, 4) is 5.75 Å². The summed E-state index contributed by atoms with van der Waals surface area (Å²) in [5, 5.41) is 2.66. The van der Waals surface area contributed by atoms with Crippen molar-refractivity contribution in [2.24, 2.45) is 0 Å². The molecule has 1 aliphatic rings. The van der Waals surface area contributed by atoms with Gasteiger partial charge < -0.3 is 15.0 Å². The Morgan fingerprint density at radius 2 is 1.84 bits per heavy atom. The van der Waals surface area contributed by atoms with E-state index in [1.54, 1.807) is 18.2 Å². The number of hydrogen-bond acceptors (Lipinski definition) is 4. The van der Waals surface area contributed by atoms with Crippen LogP contribution in [0.15, 0.2) is 48.5 Å². The number of nitrogens with zero attached hydrogens (tertiary/aromatic N) is 1. The minimum atomic E-state index is -4.40. The minimum absolute atomic E-state index is 0.0149. The molecule has 1 fully saturated rings. The first kappa shape index (κ1) is 22.3. The molecule has 1 N–H and O–H groups in total. The number of carbonyl (C=O) groups excluding carboxylic acids is 3. The Kier molecular flexibility index (Phi) is 6.94. The lowest BCUT2D eigenvalue weighted by molar-refractivity contribution is -0.137. The molecule has 0 saturated carbocycles. The van der Waals surface area contributed by atoms with Crippen molar-refractivity contribution in [1.82, 2.24) is 4.90 Å². The highest BCUT2D eigenvalue weighted by Crippen LogP contribution is 2.29. The van der Waals surface area contributed by atoms with E-state index >= 15 is 0 Å². The number of ether oxygens (including phenoxy) is 1. The van der Waals surface area contributed by atoms with Gasteiger partial charge in [0.2, 0.25) is 11.8 Å². The molecule has 2 aromatic carbocycles. The van der Waals surface area contributed by atoms with Crippen molar-refractivity contribution >= 4 is 23.5 Å². The monoisotopic (exact) mass is 434 g/mol. The van der Waals surface area contributed by atoms with Gasteiger partial charge in [-0.1, -0.05) is 18.2 Å². The molecule has 31 heavy (non-hydrogen) atoms. The zero-order chi connectivity index (χ0) is 22.4. The zero-order valence-corrected chi connectivity index (χ0v) is 16.6. The second kappa shape index (κ2) is 9.63. The summed E-state index contributed by atoms with van der Waals surface area (Å²) in [4.78, 5) is 37.3. The van der Waals surface area contributed by atoms with Gasteiger partial charge in [0.05, 0.1) is 12.1 Å². The number of aryl methyl sites for hydroxylation is 1. The van der Waals surface area contributed by atoms with E-state index in [1.165, 1.54) is 23.1 Å². The number of alkyl halides is 3. The molecule has 164 valence electrons. The molecule has 0 aromatic heterocycles. The van der Waals surface area contributed by atoms with Gasteiger partial charge in [-0.15, -0.1) is 0 Å². The fourth-order valence-corrected chi connectivity index (χ4v) is 3.17. The van der Waals surface area contributed by atoms with Crippen molar-refractivity contribution in [2.45, 2.75) is 31.9 Å². The van der Waals surface area contributed by atoms with Crippen molar-refractivity contribution in [3.05, 3.63) is 59.7 Å². The van der Waals surface area contributed by atoms with Gasteiger partial charge in [0, 0.05) is 31.1 Å². The lowest BCUT2D eigenvalue weighted by Crippen LogP contribution is -2.33. The van der Waals surface area contributed by atoms with Crippen LogP contribution in [0, 0.1) is 0 Å². The zero-order valence-electron chi connectivity index (χ0n) is 16.6. The highest BCUT2D eigenvalue weighted by Gasteiger charge is 2.29. The van der Waals surface area contributed by atoms with Crippen molar-refractivity contribution in [3.63, 3.8) is 0 Å². The Morgan fingerprint density at radius 1 is 1.10 bits per heavy atom. The maximum absolute atomic E-state index is 12.6. The molecule has 0 atom stereocenters. The molecule has 9 heteroatoms. The quantitative estimate of drug-likeness (QED) is 0.531. The third-order valence-electron chi connectivity index (χ3n) is 4.75. The van der Waals surface area contributed by atoms with E-state index in [1.807, 2.05) is 0 Å². The fourth-order valence-electron chi connectivity index (χ4n) is 3.17. The smallest absolute Gasteiger partial charge is 0.416 e. The number of hydrogen-bond donors (Lipinski definition) is 1. The minimum Gasteiger partial charge on any atom is -0.426 e. The predicted octanol–water partition coefficient (Wildman–Crippen LogP) is 3.80. The number of esters is 1. The molecule has 0 aliphatic carbocycles. The summed E-state index contributed by atoms with van der Waals surface area (Å²) >= 11 is 0. The summed E-state index contributed by atoms with van der Waals surface area (Å²) in [6, 6.07) is 10.9. The number of anilines is 1. The van der Waals surface area contributed by atoms with Gasteiger partial charge in [-0.25, -0.2) is 0 Å². The van der Waals surface area contributed by atoms with E-state index < -0.39 is 17.7 Å². The Balaban J connectivity index is 1.49. The molecule has 1 aliphatic heterocycles. The molecule has 0 radical (unpaired) electrons. The highest BCUT2D eigenvalue weighted by molar-refractivity contribution is 5.95. The van der Waals surface area contributed by atoms with E-state index in [4.69, 9.17) is 4.74 Å². The van der Waals surface area contributed by atoms with Crippen LogP contribution in [0.25, 0.3) is 0 Å². The van der Waals surface area contributed by atoms with Crippen LogP contribution in [0.4, 0.5) is 18.9 Å². The molecular formula is C22H21F3N2O4. The fraction of sp³-hybridized carbons (Fsp3) is 0.318. The lowest BCUT2D eigenvalue weighted by atomic mass is 10.1. The van der Waals surface area contributed by atoms with Crippen LogP contribution in [0.1, 0.15) is 30.4 Å². The first-order valence-electron chi connectivity index (χ1n) is 9.75. The number of rotatable bonds is 7. The summed E-state index contributed by atoms with van der Waals surface area (Å²) in [6.07, 6.45) is -2.99. The largest absolute Gasteiger partial charge is 0.426 e. The maximum atomic E-state index is 12.6. The maximum Gasteiger partial charge on any atom is 0.416 e. The summed E-state index contributed by atoms with van der Waals surface area (Å²) in [5.41, 5.74) is 0.263. The van der Waals surface area contributed by atoms with Gasteiger partial charge >= 0.3 is 12.1 Å². The Morgan fingerprint density at radius 3 is 2.48 bits per heavy atom. The first-order valence-corrected chi connectivity index (χ1v) is 9.75. The Bertz CT molecular complexity index is 958. The first-order chi connectivity index (χ1) is 14.7. The van der Waals surface area contributed by atoms with Crippen LogP contribution in [-0.2, 0) is 27.0 Å². The molecule has 1 saturated heterocycles. The van der Waals surface area contributed by atoms with Crippen molar-refractivity contribution < 1.29 is 32.3 Å². The number of benzene rings is 2. The van der Waals surface area contributed by atoms with E-state index in [0.717, 1.165) is 18.6 Å². The molecule has 6 nitrogen and oxygen atoms in total. The summed E-state index contributed by atoms with van der Waals surface area (Å²) in [7, 11) is 0. The van der Waals surface area contributed by atoms with Crippen LogP contribution in [0.3, 0.4) is 0 Å². The van der Waals surface area contributed by atoms with Gasteiger partial charge in [0.1, 0.15) is 5.75 Å². The molecule has 0 unspecified atom stereocenters. The summed E-state index contributed by atoms with van der Waals surface area (Å²) < 4.78 is 43.0. The second-order valence-corrected chi connectivity index (χ2v) is 7.16. The topological polar surface area (TPSA) is 75.7 Å². The third kappa shape index (κ3) is 6.56. The lowest BCUT2D eigenvalue weighted by Gasteiger charge is -2.15. The average Bonchev–Trinajstić information content (AvgIpc) is 3.10. The van der Waals surface area contributed by atoms with E-state index in [9.17, 15) is 27.6 Å². The van der Waals surface area contributed by atoms with Crippen LogP contribution in [-0.4, -0.2) is 35.8 Å². The van der Waals surface area contributed by atoms with Crippen LogP contribution < -0.4 is 10.1 Å². The Labute approximate surface area is 177 Å². The van der Waals surface area contributed by atoms with Crippen molar-refractivity contribution in [2.75, 3.05) is 18.4 Å². The molecule has 1 heterocycles. The molecule has 2 aromatic rings. The van der Waals surface area contributed by atoms with Gasteiger partial charge in [-0.2, -0.15) is 13.2 Å². The molecule has 0 bridgehead atoms. The van der Waals surface area contributed by atoms with Gasteiger partial charge in [0.15, 0.2) is 0 Å². The predicted molar refractivity (Wildman–Crippen MR) is 106 cm³/mol. The molecule has 3 rings (SSSR count). The third-order valence-corrected chi connectivity index (χ3v) is 4.75. The SMILES string of the molecule is O=C(CN1CCCC1=O)Nc1cccc(OC(=O)CCc2ccc(C(F)(F)F)cc2)c1. The van der Waals surface area contributed by atoms with Crippen LogP contribution in [0.2, 0.25) is 0 Å². The number of likely N-dealkylation sites (tertiary alicyclic amines) is 1. The second-order valence-electron chi connectivity index (χ2n) is 7.16. The van der Waals surface area contributed by atoms with Gasteiger partial charge in [-0.05, 0) is 42.7 Å². The summed E-state index contributed by atoms with van der Waals surface area (Å²) in [5.74, 6) is -0.717. The normalized spacial score (nSPS) is 13.9. The standard InChI is InChI=1S/C22H21F3N2O4/c23-22(24,25)16-9-6-15(7-10-16)8-11-21(30)31-18-4-1-3-17(13-18)26-19(28)14-27-12-2-5-20(27)29/h1,3-4,6-7,9-10,13H,2,5,8,11-12,14H2,(H,26,28). The van der Waals surface area contributed by atoms with E-state index in [-0.39, 0.29) is 37.0 Å². The number of amides is 2. The van der Waals surface area contributed by atoms with E-state index in [0.29, 0.717) is 24.2 Å². The highest BCUT2D eigenvalue weighted by atomic mass is 19.4. The number of carbonyl (C=O) groups is 3. The van der Waals surface area contributed by atoms with Gasteiger partial charge in [0.25, 0.3) is 0 Å². The molecule has 2 amide bonds. The molecular weight excluding hydrogens is 413 g/mol. The Hall–Kier alpha value is -3.36. The van der Waals surface area contributed by atoms with Crippen molar-refractivity contribution in [1.29, 1.82) is 0 Å². The van der Waals surface area contributed by atoms with Crippen LogP contribution >= 0.6 is 0 Å². The average molecular weight is 434 g/mol. The molecule has 0 spiro atoms. The van der Waals surface area contributed by atoms with E-state index in [2.05, 4.69) is 5.32 Å². The van der Waals surface area contributed by atoms with Gasteiger partial charge in [-0.3, -0.25) is 14.4 Å². The van der Waals surface area contributed by atoms with Crippen LogP contribution in [0.5, 0.6) is 5.75 Å². The number of halogens is 3. The number of nitrogens with one attached hydrogen (secondary N) is 1. The summed E-state index contributed by atoms with van der Waals surface area (Å²) in [6.45, 7) is 0.527.